The molecular formula is C43H68N2O. The van der Waals surface area contributed by atoms with Crippen LogP contribution in [0.15, 0.2) is 97.7 Å². The molecule has 46 heavy (non-hydrogen) atoms. The van der Waals surface area contributed by atoms with E-state index in [0.29, 0.717) is 5.57 Å². The van der Waals surface area contributed by atoms with E-state index >= 15 is 0 Å². The third-order valence-corrected chi connectivity index (χ3v) is 7.16. The highest BCUT2D eigenvalue weighted by Gasteiger charge is 2.09. The molecule has 0 spiro atoms. The molecule has 3 nitrogen and oxygen atoms in total. The van der Waals surface area contributed by atoms with E-state index in [1.54, 1.807) is 12.2 Å². The largest absolute Gasteiger partial charge is 0.385 e. The number of allylic oxidation sites excluding steroid dienone is 4. The van der Waals surface area contributed by atoms with Gasteiger partial charge in [0, 0.05) is 23.5 Å². The van der Waals surface area contributed by atoms with Gasteiger partial charge in [-0.1, -0.05) is 134 Å². The van der Waals surface area contributed by atoms with E-state index in [9.17, 15) is 4.79 Å². The molecule has 0 aromatic heterocycles. The Hall–Kier alpha value is -3.59. The van der Waals surface area contributed by atoms with Crippen LogP contribution in [0.2, 0.25) is 0 Å². The van der Waals surface area contributed by atoms with Crippen LogP contribution in [0.5, 0.6) is 0 Å². The first kappa shape index (κ1) is 44.5. The van der Waals surface area contributed by atoms with Gasteiger partial charge in [-0.05, 0) is 100 Å². The standard InChI is InChI=1S/C21H28N2O.C11H16.C7H14.C4H10/c1-6-9-11-18(8-3)21(24)23-20-13-12-19(15-16(20)4)17(5)22-14-10-7-2;1-3-4-8-11-9-6-5-7-10(11)2;1-4-5-6-7(2)3;1-3-4-2/h6,8-9,11-13,15,22H,3,5,7,10,14H2,1-2,4H3,(H,23,24);5-7,9H,3-4,8H2,1-2H3;2,4-6H2,1,3H3;3-4H2,1-2H3/b9-6-,18-11+;;;. The fourth-order valence-electron chi connectivity index (χ4n) is 3.88. The number of nitrogens with one attached hydrogen (secondary N) is 2. The molecule has 0 aliphatic carbocycles. The Kier molecular flexibility index (Phi) is 29.1. The topological polar surface area (TPSA) is 41.1 Å². The molecule has 0 aliphatic heterocycles. The minimum Gasteiger partial charge on any atom is -0.385 e. The van der Waals surface area contributed by atoms with Crippen molar-refractivity contribution in [3.63, 3.8) is 0 Å². The summed E-state index contributed by atoms with van der Waals surface area (Å²) in [6.07, 6.45) is 19.5. The first-order valence-corrected chi connectivity index (χ1v) is 17.6. The van der Waals surface area contributed by atoms with Crippen LogP contribution < -0.4 is 10.6 Å². The highest BCUT2D eigenvalue weighted by Crippen LogP contribution is 2.21. The van der Waals surface area contributed by atoms with Crippen molar-refractivity contribution >= 4 is 17.3 Å². The minimum atomic E-state index is -0.168. The molecule has 0 radical (unpaired) electrons. The van der Waals surface area contributed by atoms with Crippen molar-refractivity contribution in [2.45, 2.75) is 127 Å². The lowest BCUT2D eigenvalue weighted by atomic mass is 10.0. The minimum absolute atomic E-state index is 0.168. The van der Waals surface area contributed by atoms with E-state index in [1.807, 2.05) is 44.2 Å². The van der Waals surface area contributed by atoms with Gasteiger partial charge in [0.1, 0.15) is 0 Å². The molecule has 1 amide bonds. The molecule has 2 N–H and O–H groups in total. The number of benzene rings is 2. The molecule has 0 fully saturated rings. The Labute approximate surface area is 285 Å². The Morgan fingerprint density at radius 3 is 1.93 bits per heavy atom. The summed E-state index contributed by atoms with van der Waals surface area (Å²) in [4.78, 5) is 12.3. The van der Waals surface area contributed by atoms with E-state index < -0.39 is 0 Å². The molecule has 2 rings (SSSR count). The lowest BCUT2D eigenvalue weighted by Gasteiger charge is -2.13. The molecule has 2 aromatic carbocycles. The third kappa shape index (κ3) is 22.8. The second kappa shape index (κ2) is 30.1. The van der Waals surface area contributed by atoms with Crippen molar-refractivity contribution in [1.29, 1.82) is 0 Å². The van der Waals surface area contributed by atoms with Crippen LogP contribution in [0.25, 0.3) is 5.70 Å². The first-order chi connectivity index (χ1) is 22.1. The van der Waals surface area contributed by atoms with Gasteiger partial charge in [0.05, 0.1) is 0 Å². The molecule has 0 unspecified atom stereocenters. The van der Waals surface area contributed by atoms with Crippen LogP contribution in [-0.2, 0) is 11.2 Å². The lowest BCUT2D eigenvalue weighted by Crippen LogP contribution is -2.15. The van der Waals surface area contributed by atoms with E-state index in [2.05, 4.69) is 103 Å². The average Bonchev–Trinajstić information content (AvgIpc) is 3.05. The van der Waals surface area contributed by atoms with Crippen LogP contribution in [-0.4, -0.2) is 12.5 Å². The SMILES string of the molecule is C=C(C)CCCC.C=C/C(=C\C=C/C)C(=O)Nc1ccc(C(=C)NCCCC)cc1C.CCCC.CCCCc1ccccc1C. The number of anilines is 1. The molecule has 0 saturated heterocycles. The van der Waals surface area contributed by atoms with Gasteiger partial charge in [-0.3, -0.25) is 4.79 Å². The maximum atomic E-state index is 12.3. The van der Waals surface area contributed by atoms with E-state index in [-0.39, 0.29) is 5.91 Å². The summed E-state index contributed by atoms with van der Waals surface area (Å²) >= 11 is 0. The van der Waals surface area contributed by atoms with Gasteiger partial charge in [-0.2, -0.15) is 0 Å². The van der Waals surface area contributed by atoms with Gasteiger partial charge >= 0.3 is 0 Å². The summed E-state index contributed by atoms with van der Waals surface area (Å²) in [6.45, 7) is 31.6. The van der Waals surface area contributed by atoms with Crippen molar-refractivity contribution < 1.29 is 4.79 Å². The predicted molar refractivity (Wildman–Crippen MR) is 210 cm³/mol. The fraction of sp³-hybridized carbons (Fsp3) is 0.465. The Balaban J connectivity index is 0. The van der Waals surface area contributed by atoms with Gasteiger partial charge in [-0.15, -0.1) is 6.58 Å². The summed E-state index contributed by atoms with van der Waals surface area (Å²) in [5, 5.41) is 6.25. The summed E-state index contributed by atoms with van der Waals surface area (Å²) in [5.74, 6) is -0.168. The molecule has 3 heteroatoms. The van der Waals surface area contributed by atoms with Crippen molar-refractivity contribution in [2.24, 2.45) is 0 Å². The highest BCUT2D eigenvalue weighted by molar-refractivity contribution is 6.06. The molecule has 0 heterocycles. The Morgan fingerprint density at radius 1 is 0.826 bits per heavy atom. The molecule has 0 aliphatic rings. The zero-order valence-corrected chi connectivity index (χ0v) is 31.2. The first-order valence-electron chi connectivity index (χ1n) is 17.6. The molecule has 0 atom stereocenters. The summed E-state index contributed by atoms with van der Waals surface area (Å²) in [6, 6.07) is 14.5. The third-order valence-electron chi connectivity index (χ3n) is 7.16. The molecule has 0 bridgehead atoms. The number of carbonyl (C=O) groups is 1. The van der Waals surface area contributed by atoms with Crippen LogP contribution in [0, 0.1) is 13.8 Å². The van der Waals surface area contributed by atoms with Crippen LogP contribution in [0.4, 0.5) is 5.69 Å². The maximum absolute atomic E-state index is 12.3. The zero-order valence-electron chi connectivity index (χ0n) is 31.2. The van der Waals surface area contributed by atoms with Crippen LogP contribution >= 0.6 is 0 Å². The van der Waals surface area contributed by atoms with Gasteiger partial charge in [0.2, 0.25) is 0 Å². The number of aryl methyl sites for hydroxylation is 3. The Bertz CT molecular complexity index is 1180. The normalized spacial score (nSPS) is 10.3. The van der Waals surface area contributed by atoms with Crippen molar-refractivity contribution in [3.05, 3.63) is 120 Å². The predicted octanol–water partition coefficient (Wildman–Crippen LogP) is 12.9. The number of unbranched alkanes of at least 4 members (excludes halogenated alkanes) is 4. The quantitative estimate of drug-likeness (QED) is 0.0840. The van der Waals surface area contributed by atoms with Gasteiger partial charge in [0.25, 0.3) is 5.91 Å². The summed E-state index contributed by atoms with van der Waals surface area (Å²) in [7, 11) is 0. The number of hydrogen-bond donors (Lipinski definition) is 2. The molecule has 256 valence electrons. The number of rotatable bonds is 16. The summed E-state index contributed by atoms with van der Waals surface area (Å²) < 4.78 is 0. The molecule has 2 aromatic rings. The van der Waals surface area contributed by atoms with E-state index in [0.717, 1.165) is 41.9 Å². The average molecular weight is 629 g/mol. The van der Waals surface area contributed by atoms with Crippen molar-refractivity contribution in [2.75, 3.05) is 11.9 Å². The van der Waals surface area contributed by atoms with E-state index in [1.165, 1.54) is 68.1 Å². The monoisotopic (exact) mass is 629 g/mol. The second-order valence-corrected chi connectivity index (χ2v) is 11.7. The smallest absolute Gasteiger partial charge is 0.255 e. The zero-order chi connectivity index (χ0) is 35.2. The lowest BCUT2D eigenvalue weighted by molar-refractivity contribution is -0.112. The number of carbonyl (C=O) groups excluding carboxylic acids is 1. The van der Waals surface area contributed by atoms with E-state index in [4.69, 9.17) is 0 Å². The number of amides is 1. The molecule has 0 saturated carbocycles. The summed E-state index contributed by atoms with van der Waals surface area (Å²) in [5.41, 5.74) is 8.51. The van der Waals surface area contributed by atoms with Crippen molar-refractivity contribution in [1.82, 2.24) is 5.32 Å². The second-order valence-electron chi connectivity index (χ2n) is 11.7. The van der Waals surface area contributed by atoms with Crippen molar-refractivity contribution in [3.8, 4) is 0 Å². The van der Waals surface area contributed by atoms with Crippen LogP contribution in [0.3, 0.4) is 0 Å². The van der Waals surface area contributed by atoms with Gasteiger partial charge in [0.15, 0.2) is 0 Å². The Morgan fingerprint density at radius 2 is 1.46 bits per heavy atom. The maximum Gasteiger partial charge on any atom is 0.255 e. The fourth-order valence-corrected chi connectivity index (χ4v) is 3.88. The van der Waals surface area contributed by atoms with Crippen LogP contribution in [0.1, 0.15) is 129 Å². The number of hydrogen-bond acceptors (Lipinski definition) is 2. The highest BCUT2D eigenvalue weighted by atomic mass is 16.1. The van der Waals surface area contributed by atoms with Gasteiger partial charge in [-0.25, -0.2) is 0 Å². The molecular weight excluding hydrogens is 560 g/mol. The van der Waals surface area contributed by atoms with Gasteiger partial charge < -0.3 is 10.6 Å².